The first-order chi connectivity index (χ1) is 11.3. The molecular weight excluding hydrogens is 292 g/mol. The molecule has 0 atom stereocenters. The smallest absolute Gasteiger partial charge is 0.251 e. The molecule has 3 rings (SSSR count). The fourth-order valence-electron chi connectivity index (χ4n) is 2.63. The number of methoxy groups -OCH3 is 1. The number of ether oxygens (including phenoxy) is 2. The topological polar surface area (TPSA) is 50.8 Å². The van der Waals surface area contributed by atoms with Crippen molar-refractivity contribution in [1.82, 2.24) is 5.32 Å². The molecule has 0 unspecified atom stereocenters. The summed E-state index contributed by atoms with van der Waals surface area (Å²) < 4.78 is 10.8. The Morgan fingerprint density at radius 1 is 1.26 bits per heavy atom. The Morgan fingerprint density at radius 2 is 2.13 bits per heavy atom. The normalized spacial score (nSPS) is 13.0. The van der Waals surface area contributed by atoms with Gasteiger partial charge in [0.25, 0.3) is 5.91 Å². The summed E-state index contributed by atoms with van der Waals surface area (Å²) >= 11 is 0. The van der Waals surface area contributed by atoms with Crippen LogP contribution in [0.4, 0.5) is 5.69 Å². The summed E-state index contributed by atoms with van der Waals surface area (Å²) in [5.41, 5.74) is 1.68. The van der Waals surface area contributed by atoms with Crippen molar-refractivity contribution in [2.45, 2.75) is 0 Å². The van der Waals surface area contributed by atoms with Crippen LogP contribution in [0.2, 0.25) is 0 Å². The van der Waals surface area contributed by atoms with Gasteiger partial charge in [0, 0.05) is 18.7 Å². The lowest BCUT2D eigenvalue weighted by atomic mass is 10.2. The zero-order valence-electron chi connectivity index (χ0n) is 13.1. The molecule has 120 valence electrons. The summed E-state index contributed by atoms with van der Waals surface area (Å²) in [7, 11) is 1.59. The summed E-state index contributed by atoms with van der Waals surface area (Å²) in [6, 6.07) is 15.1. The first-order valence-corrected chi connectivity index (χ1v) is 7.67. The van der Waals surface area contributed by atoms with E-state index in [1.165, 1.54) is 0 Å². The van der Waals surface area contributed by atoms with Gasteiger partial charge < -0.3 is 19.7 Å². The largest absolute Gasteiger partial charge is 0.497 e. The van der Waals surface area contributed by atoms with Gasteiger partial charge in [-0.05, 0) is 30.3 Å². The van der Waals surface area contributed by atoms with E-state index in [-0.39, 0.29) is 5.91 Å². The summed E-state index contributed by atoms with van der Waals surface area (Å²) in [5.74, 6) is 1.49. The number of para-hydroxylation sites is 2. The van der Waals surface area contributed by atoms with E-state index in [1.54, 1.807) is 19.2 Å². The van der Waals surface area contributed by atoms with Crippen LogP contribution in [0.3, 0.4) is 0 Å². The molecule has 0 aromatic heterocycles. The van der Waals surface area contributed by atoms with Crippen molar-refractivity contribution < 1.29 is 14.3 Å². The molecule has 2 aromatic carbocycles. The number of nitrogens with zero attached hydrogens (tertiary/aromatic N) is 1. The minimum Gasteiger partial charge on any atom is -0.497 e. The van der Waals surface area contributed by atoms with Crippen LogP contribution in [-0.2, 0) is 0 Å². The molecule has 0 saturated carbocycles. The maximum atomic E-state index is 12.2. The molecule has 0 bridgehead atoms. The highest BCUT2D eigenvalue weighted by Gasteiger charge is 2.17. The summed E-state index contributed by atoms with van der Waals surface area (Å²) in [6.07, 6.45) is 0. The second-order valence-corrected chi connectivity index (χ2v) is 5.29. The van der Waals surface area contributed by atoms with Gasteiger partial charge in [-0.15, -0.1) is 0 Å². The lowest BCUT2D eigenvalue weighted by Gasteiger charge is -2.31. The number of nitrogens with one attached hydrogen (secondary N) is 1. The lowest BCUT2D eigenvalue weighted by Crippen LogP contribution is -2.39. The Labute approximate surface area is 135 Å². The van der Waals surface area contributed by atoms with Crippen molar-refractivity contribution in [2.24, 2.45) is 0 Å². The van der Waals surface area contributed by atoms with Crippen molar-refractivity contribution >= 4 is 11.6 Å². The molecule has 1 N–H and O–H groups in total. The van der Waals surface area contributed by atoms with E-state index >= 15 is 0 Å². The fraction of sp³-hybridized carbons (Fsp3) is 0.278. The molecule has 0 fully saturated rings. The number of hydrogen-bond acceptors (Lipinski definition) is 4. The zero-order chi connectivity index (χ0) is 16.1. The van der Waals surface area contributed by atoms with Crippen molar-refractivity contribution in [3.8, 4) is 11.5 Å². The second-order valence-electron chi connectivity index (χ2n) is 5.29. The third-order valence-electron chi connectivity index (χ3n) is 3.82. The van der Waals surface area contributed by atoms with Gasteiger partial charge in [-0.1, -0.05) is 18.2 Å². The third-order valence-corrected chi connectivity index (χ3v) is 3.82. The minimum atomic E-state index is -0.0922. The number of anilines is 1. The Kier molecular flexibility index (Phi) is 4.66. The molecule has 5 nitrogen and oxygen atoms in total. The maximum absolute atomic E-state index is 12.2. The number of benzene rings is 2. The highest BCUT2D eigenvalue weighted by molar-refractivity contribution is 5.94. The number of hydrogen-bond donors (Lipinski definition) is 1. The zero-order valence-corrected chi connectivity index (χ0v) is 13.1. The average molecular weight is 312 g/mol. The van der Waals surface area contributed by atoms with Crippen LogP contribution in [0.1, 0.15) is 10.4 Å². The van der Waals surface area contributed by atoms with Crippen LogP contribution < -0.4 is 19.7 Å². The van der Waals surface area contributed by atoms with Gasteiger partial charge in [-0.25, -0.2) is 0 Å². The van der Waals surface area contributed by atoms with Gasteiger partial charge in [0.05, 0.1) is 19.3 Å². The van der Waals surface area contributed by atoms with Gasteiger partial charge in [-0.3, -0.25) is 4.79 Å². The fourth-order valence-corrected chi connectivity index (χ4v) is 2.63. The van der Waals surface area contributed by atoms with Crippen LogP contribution in [0, 0.1) is 0 Å². The minimum absolute atomic E-state index is 0.0922. The molecule has 0 aliphatic carbocycles. The van der Waals surface area contributed by atoms with Crippen LogP contribution in [0.5, 0.6) is 11.5 Å². The highest BCUT2D eigenvalue weighted by atomic mass is 16.5. The van der Waals surface area contributed by atoms with Crippen molar-refractivity contribution in [1.29, 1.82) is 0 Å². The highest BCUT2D eigenvalue weighted by Crippen LogP contribution is 2.30. The van der Waals surface area contributed by atoms with Gasteiger partial charge in [0.15, 0.2) is 0 Å². The number of rotatable bonds is 5. The van der Waals surface area contributed by atoms with Gasteiger partial charge in [0.1, 0.15) is 18.1 Å². The summed E-state index contributed by atoms with van der Waals surface area (Å²) in [6.45, 7) is 2.81. The molecule has 1 aliphatic heterocycles. The van der Waals surface area contributed by atoms with Crippen LogP contribution >= 0.6 is 0 Å². The SMILES string of the molecule is COc1cccc(C(=O)NCCN2CCOc3ccccc32)c1. The van der Waals surface area contributed by atoms with Gasteiger partial charge in [0.2, 0.25) is 0 Å². The first kappa shape index (κ1) is 15.2. The van der Waals surface area contributed by atoms with E-state index in [4.69, 9.17) is 9.47 Å². The molecule has 2 aromatic rings. The Bertz CT molecular complexity index is 687. The Morgan fingerprint density at radius 3 is 3.00 bits per heavy atom. The monoisotopic (exact) mass is 312 g/mol. The molecule has 1 heterocycles. The van der Waals surface area contributed by atoms with Crippen LogP contribution in [0.25, 0.3) is 0 Å². The first-order valence-electron chi connectivity index (χ1n) is 7.67. The standard InChI is InChI=1S/C18H20N2O3/c1-22-15-6-4-5-14(13-15)18(21)19-9-10-20-11-12-23-17-8-3-2-7-16(17)20/h2-8,13H,9-12H2,1H3,(H,19,21). The third kappa shape index (κ3) is 3.56. The predicted molar refractivity (Wildman–Crippen MR) is 89.5 cm³/mol. The molecule has 5 heteroatoms. The van der Waals surface area contributed by atoms with Crippen molar-refractivity contribution in [3.63, 3.8) is 0 Å². The molecule has 1 aliphatic rings. The van der Waals surface area contributed by atoms with Crippen LogP contribution in [0.15, 0.2) is 48.5 Å². The molecule has 0 spiro atoms. The van der Waals surface area contributed by atoms with Gasteiger partial charge in [-0.2, -0.15) is 0 Å². The average Bonchev–Trinajstić information content (AvgIpc) is 2.62. The van der Waals surface area contributed by atoms with E-state index in [0.717, 1.165) is 24.5 Å². The molecule has 1 amide bonds. The number of fused-ring (bicyclic) bond motifs is 1. The van der Waals surface area contributed by atoms with Crippen LogP contribution in [-0.4, -0.2) is 39.3 Å². The van der Waals surface area contributed by atoms with Gasteiger partial charge >= 0.3 is 0 Å². The van der Waals surface area contributed by atoms with Crippen molar-refractivity contribution in [3.05, 3.63) is 54.1 Å². The predicted octanol–water partition coefficient (Wildman–Crippen LogP) is 2.32. The van der Waals surface area contributed by atoms with Crippen molar-refractivity contribution in [2.75, 3.05) is 38.3 Å². The Balaban J connectivity index is 1.56. The summed E-state index contributed by atoms with van der Waals surface area (Å²) in [5, 5.41) is 2.95. The summed E-state index contributed by atoms with van der Waals surface area (Å²) in [4.78, 5) is 14.4. The molecule has 0 radical (unpaired) electrons. The molecule has 23 heavy (non-hydrogen) atoms. The van der Waals surface area contributed by atoms with E-state index in [0.29, 0.717) is 24.5 Å². The Hall–Kier alpha value is -2.69. The number of carbonyl (C=O) groups is 1. The number of amides is 1. The second kappa shape index (κ2) is 7.05. The van der Waals surface area contributed by atoms with E-state index < -0.39 is 0 Å². The lowest BCUT2D eigenvalue weighted by molar-refractivity contribution is 0.0954. The maximum Gasteiger partial charge on any atom is 0.251 e. The molecular formula is C18H20N2O3. The molecule has 0 saturated heterocycles. The number of carbonyl (C=O) groups excluding carboxylic acids is 1. The van der Waals surface area contributed by atoms with E-state index in [1.807, 2.05) is 36.4 Å². The van der Waals surface area contributed by atoms with E-state index in [2.05, 4.69) is 10.2 Å². The quantitative estimate of drug-likeness (QED) is 0.920. The van der Waals surface area contributed by atoms with E-state index in [9.17, 15) is 4.79 Å².